The predicted octanol–water partition coefficient (Wildman–Crippen LogP) is 2.26. The van der Waals surface area contributed by atoms with Crippen LogP contribution in [-0.4, -0.2) is 61.0 Å². The molecule has 2 aromatic heterocycles. The van der Waals surface area contributed by atoms with E-state index in [4.69, 9.17) is 15.1 Å². The molecule has 28 heavy (non-hydrogen) atoms. The van der Waals surface area contributed by atoms with Crippen molar-refractivity contribution in [3.63, 3.8) is 0 Å². The van der Waals surface area contributed by atoms with Gasteiger partial charge in [0.1, 0.15) is 5.82 Å². The zero-order valence-corrected chi connectivity index (χ0v) is 16.6. The number of piperazine rings is 1. The number of amides is 1. The number of aromatic nitrogens is 2. The van der Waals surface area contributed by atoms with Crippen LogP contribution in [0.3, 0.4) is 0 Å². The molecule has 0 bridgehead atoms. The van der Waals surface area contributed by atoms with E-state index in [0.29, 0.717) is 43.7 Å². The van der Waals surface area contributed by atoms with Gasteiger partial charge >= 0.3 is 0 Å². The summed E-state index contributed by atoms with van der Waals surface area (Å²) in [6.45, 7) is 2.45. The molecule has 1 saturated heterocycles. The molecule has 0 unspecified atom stereocenters. The van der Waals surface area contributed by atoms with Gasteiger partial charge < -0.3 is 24.9 Å². The van der Waals surface area contributed by atoms with Crippen LogP contribution >= 0.6 is 12.4 Å². The van der Waals surface area contributed by atoms with Crippen LogP contribution in [0.4, 0.5) is 17.5 Å². The number of nitrogens with two attached hydrogens (primary N) is 1. The summed E-state index contributed by atoms with van der Waals surface area (Å²) in [6.07, 6.45) is 1.51. The highest BCUT2D eigenvalue weighted by atomic mass is 35.5. The molecule has 0 saturated carbocycles. The van der Waals surface area contributed by atoms with Crippen LogP contribution < -0.4 is 15.5 Å². The number of carbonyl (C=O) groups excluding carboxylic acids is 1. The van der Waals surface area contributed by atoms with Crippen LogP contribution in [-0.2, 0) is 0 Å². The molecular formula is C19H23ClN6O2. The van der Waals surface area contributed by atoms with Gasteiger partial charge in [-0.25, -0.2) is 4.98 Å². The Bertz CT molecular complexity index is 968. The molecule has 8 nitrogen and oxygen atoms in total. The molecular weight excluding hydrogens is 380 g/mol. The normalized spacial score (nSPS) is 14.1. The fourth-order valence-corrected chi connectivity index (χ4v) is 3.22. The molecule has 1 aliphatic rings. The second kappa shape index (κ2) is 7.93. The molecule has 0 aliphatic carbocycles. The summed E-state index contributed by atoms with van der Waals surface area (Å²) in [5.41, 5.74) is 8.03. The molecule has 0 radical (unpaired) electrons. The maximum atomic E-state index is 12.4. The summed E-state index contributed by atoms with van der Waals surface area (Å²) < 4.78 is 5.20. The third-order valence-electron chi connectivity index (χ3n) is 4.80. The van der Waals surface area contributed by atoms with Gasteiger partial charge in [-0.1, -0.05) is 0 Å². The molecule has 1 amide bonds. The van der Waals surface area contributed by atoms with E-state index in [1.807, 2.05) is 37.2 Å². The Balaban J connectivity index is 0.00000225. The first-order valence-corrected chi connectivity index (χ1v) is 8.85. The van der Waals surface area contributed by atoms with Crippen molar-refractivity contribution in [3.05, 3.63) is 42.4 Å². The Morgan fingerprint density at radius 2 is 1.89 bits per heavy atom. The average molecular weight is 403 g/mol. The fourth-order valence-electron chi connectivity index (χ4n) is 3.22. The van der Waals surface area contributed by atoms with Gasteiger partial charge in [0.05, 0.1) is 11.8 Å². The van der Waals surface area contributed by atoms with E-state index in [2.05, 4.69) is 9.88 Å². The van der Waals surface area contributed by atoms with E-state index in [9.17, 15) is 4.79 Å². The zero-order chi connectivity index (χ0) is 19.0. The molecule has 3 aromatic rings. The lowest BCUT2D eigenvalue weighted by molar-refractivity contribution is 0.0714. The third kappa shape index (κ3) is 3.68. The first-order chi connectivity index (χ1) is 13.0. The minimum atomic E-state index is -0.0887. The first-order valence-electron chi connectivity index (χ1n) is 8.85. The van der Waals surface area contributed by atoms with E-state index >= 15 is 0 Å². The van der Waals surface area contributed by atoms with Crippen LogP contribution in [0.15, 0.2) is 41.0 Å². The number of hydrogen-bond donors (Lipinski definition) is 1. The Kier molecular flexibility index (Phi) is 5.60. The van der Waals surface area contributed by atoms with Gasteiger partial charge in [0.2, 0.25) is 5.95 Å². The van der Waals surface area contributed by atoms with Gasteiger partial charge in [-0.05, 0) is 30.3 Å². The topological polar surface area (TPSA) is 91.7 Å². The number of hydrogen-bond acceptors (Lipinski definition) is 7. The quantitative estimate of drug-likeness (QED) is 0.718. The molecule has 1 aromatic carbocycles. The Morgan fingerprint density at radius 1 is 1.14 bits per heavy atom. The summed E-state index contributed by atoms with van der Waals surface area (Å²) in [6, 6.07) is 9.36. The molecule has 3 heterocycles. The van der Waals surface area contributed by atoms with Crippen LogP contribution in [0.25, 0.3) is 10.9 Å². The molecule has 4 rings (SSSR count). The van der Waals surface area contributed by atoms with E-state index in [-0.39, 0.29) is 18.3 Å². The second-order valence-electron chi connectivity index (χ2n) is 6.76. The standard InChI is InChI=1S/C19H22N6O2.ClH/c1-23(2)13-5-6-14-15(12-13)21-19(22-17(14)20)25-9-7-24(8-10-25)18(26)16-4-3-11-27-16;/h3-6,11-12H,7-10H2,1-2H3,(H2,20,21,22);1H. The lowest BCUT2D eigenvalue weighted by atomic mass is 10.2. The van der Waals surface area contributed by atoms with Crippen LogP contribution in [0.1, 0.15) is 10.6 Å². The minimum Gasteiger partial charge on any atom is -0.459 e. The van der Waals surface area contributed by atoms with Gasteiger partial charge in [-0.3, -0.25) is 4.79 Å². The van der Waals surface area contributed by atoms with E-state index < -0.39 is 0 Å². The lowest BCUT2D eigenvalue weighted by Gasteiger charge is -2.34. The first kappa shape index (κ1) is 19.8. The van der Waals surface area contributed by atoms with Gasteiger partial charge in [-0.2, -0.15) is 4.98 Å². The van der Waals surface area contributed by atoms with Crippen molar-refractivity contribution in [1.29, 1.82) is 0 Å². The highest BCUT2D eigenvalue weighted by Crippen LogP contribution is 2.26. The lowest BCUT2D eigenvalue weighted by Crippen LogP contribution is -2.49. The third-order valence-corrected chi connectivity index (χ3v) is 4.80. The second-order valence-corrected chi connectivity index (χ2v) is 6.76. The number of rotatable bonds is 3. The SMILES string of the molecule is CN(C)c1ccc2c(N)nc(N3CCN(C(=O)c4ccco4)CC3)nc2c1.Cl. The number of furan rings is 1. The van der Waals surface area contributed by atoms with Crippen molar-refractivity contribution in [1.82, 2.24) is 14.9 Å². The van der Waals surface area contributed by atoms with Crippen molar-refractivity contribution >= 4 is 46.7 Å². The van der Waals surface area contributed by atoms with Crippen LogP contribution in [0.2, 0.25) is 0 Å². The molecule has 0 spiro atoms. The number of fused-ring (bicyclic) bond motifs is 1. The number of anilines is 3. The van der Waals surface area contributed by atoms with Crippen molar-refractivity contribution in [2.24, 2.45) is 0 Å². The predicted molar refractivity (Wildman–Crippen MR) is 112 cm³/mol. The number of halogens is 1. The van der Waals surface area contributed by atoms with Gasteiger partial charge in [0.15, 0.2) is 5.76 Å². The fraction of sp³-hybridized carbons (Fsp3) is 0.316. The molecule has 148 valence electrons. The maximum Gasteiger partial charge on any atom is 0.289 e. The Morgan fingerprint density at radius 3 is 2.54 bits per heavy atom. The van der Waals surface area contributed by atoms with E-state index in [1.54, 1.807) is 17.0 Å². The summed E-state index contributed by atoms with van der Waals surface area (Å²) in [7, 11) is 3.98. The number of benzene rings is 1. The van der Waals surface area contributed by atoms with Crippen LogP contribution in [0, 0.1) is 0 Å². The van der Waals surface area contributed by atoms with Crippen molar-refractivity contribution in [2.45, 2.75) is 0 Å². The molecule has 9 heteroatoms. The smallest absolute Gasteiger partial charge is 0.289 e. The van der Waals surface area contributed by atoms with E-state index in [1.165, 1.54) is 6.26 Å². The van der Waals surface area contributed by atoms with Crippen molar-refractivity contribution in [3.8, 4) is 0 Å². The summed E-state index contributed by atoms with van der Waals surface area (Å²) in [5, 5.41) is 0.844. The largest absolute Gasteiger partial charge is 0.459 e. The number of nitrogens with zero attached hydrogens (tertiary/aromatic N) is 5. The summed E-state index contributed by atoms with van der Waals surface area (Å²) in [4.78, 5) is 27.4. The number of carbonyl (C=O) groups is 1. The van der Waals surface area contributed by atoms with Crippen molar-refractivity contribution < 1.29 is 9.21 Å². The van der Waals surface area contributed by atoms with Gasteiger partial charge in [0, 0.05) is 51.3 Å². The average Bonchev–Trinajstić information content (AvgIpc) is 3.22. The molecule has 1 aliphatic heterocycles. The Hall–Kier alpha value is -3.00. The molecule has 0 atom stereocenters. The van der Waals surface area contributed by atoms with Crippen molar-refractivity contribution in [2.75, 3.05) is 55.8 Å². The van der Waals surface area contributed by atoms with Crippen LogP contribution in [0.5, 0.6) is 0 Å². The summed E-state index contributed by atoms with van der Waals surface area (Å²) >= 11 is 0. The maximum absolute atomic E-state index is 12.4. The monoisotopic (exact) mass is 402 g/mol. The molecule has 1 fully saturated rings. The highest BCUT2D eigenvalue weighted by Gasteiger charge is 2.25. The zero-order valence-electron chi connectivity index (χ0n) is 15.8. The van der Waals surface area contributed by atoms with Gasteiger partial charge in [-0.15, -0.1) is 12.4 Å². The Labute approximate surface area is 169 Å². The van der Waals surface area contributed by atoms with Gasteiger partial charge in [0.25, 0.3) is 5.91 Å². The highest BCUT2D eigenvalue weighted by molar-refractivity contribution is 5.92. The van der Waals surface area contributed by atoms with E-state index in [0.717, 1.165) is 16.6 Å². The number of nitrogen functional groups attached to an aromatic ring is 1. The molecule has 2 N–H and O–H groups in total. The summed E-state index contributed by atoms with van der Waals surface area (Å²) in [5.74, 6) is 1.34. The minimum absolute atomic E-state index is 0.